The summed E-state index contributed by atoms with van der Waals surface area (Å²) in [5.74, 6) is 0. The molecule has 0 aliphatic rings. The Bertz CT molecular complexity index is 9.61. The van der Waals surface area contributed by atoms with Crippen LogP contribution in [0.1, 0.15) is 0 Å². The Morgan fingerprint density at radius 2 is 0.800 bits per heavy atom. The molecule has 0 fully saturated rings. The summed E-state index contributed by atoms with van der Waals surface area (Å²) in [4.78, 5) is 0. The fourth-order valence-corrected chi connectivity index (χ4v) is 0. The second-order valence-corrected chi connectivity index (χ2v) is 0. The Morgan fingerprint density at radius 1 is 0.800 bits per heavy atom. The second kappa shape index (κ2) is 37.5. The van der Waals surface area contributed by atoms with Crippen molar-refractivity contribution in [1.82, 2.24) is 0 Å². The molecule has 5 radical (unpaired) electrons. The van der Waals surface area contributed by atoms with Gasteiger partial charge < -0.3 is 0 Å². The maximum atomic E-state index is 0. The first-order chi connectivity index (χ1) is 0. The van der Waals surface area contributed by atoms with E-state index in [1.165, 1.54) is 0 Å². The maximum Gasteiger partial charge on any atom is 0 e. The molecule has 0 heterocycles. The first kappa shape index (κ1) is 63.0. The molecule has 0 N–H and O–H groups in total. The van der Waals surface area contributed by atoms with E-state index in [1.807, 2.05) is 0 Å². The van der Waals surface area contributed by atoms with E-state index in [2.05, 4.69) is 0 Å². The topological polar surface area (TPSA) is 0 Å². The van der Waals surface area contributed by atoms with E-state index in [-0.39, 0.29) is 68.4 Å². The summed E-state index contributed by atoms with van der Waals surface area (Å²) in [5.41, 5.74) is 0. The number of rotatable bonds is 0. The van der Waals surface area contributed by atoms with Crippen LogP contribution in [0.5, 0.6) is 0 Å². The minimum Gasteiger partial charge on any atom is -0.153 e. The third-order valence-corrected chi connectivity index (χ3v) is 0. The van der Waals surface area contributed by atoms with Gasteiger partial charge in [0.25, 0.3) is 0 Å². The van der Waals surface area contributed by atoms with Crippen LogP contribution >= 0.6 is 9.90 Å². The minimum absolute atomic E-state index is 0. The van der Waals surface area contributed by atoms with Gasteiger partial charge in [0.2, 0.25) is 0 Å². The Morgan fingerprint density at radius 3 is 0.800 bits per heavy atom. The first-order valence-electron chi connectivity index (χ1n) is 0. The Kier molecular flexibility index (Phi) is 472. The number of hydrogen-bond acceptors (Lipinski definition) is 0. The molecular formula is H3BCo2NiP. The van der Waals surface area contributed by atoms with Crippen molar-refractivity contribution in [2.75, 3.05) is 0 Å². The molecule has 1 atom stereocenters. The van der Waals surface area contributed by atoms with Crippen LogP contribution < -0.4 is 0 Å². The van der Waals surface area contributed by atoms with Crippen molar-refractivity contribution < 1.29 is 50.0 Å². The zero-order valence-corrected chi connectivity index (χ0v) is 6.75. The van der Waals surface area contributed by atoms with Crippen molar-refractivity contribution >= 4 is 18.3 Å². The fourth-order valence-electron chi connectivity index (χ4n) is 0. The minimum atomic E-state index is 0. The molecule has 0 aliphatic carbocycles. The average Bonchev–Trinajstić information content (AvgIpc) is 0. The van der Waals surface area contributed by atoms with E-state index in [4.69, 9.17) is 0 Å². The number of hydrogen-bond donors (Lipinski definition) is 0. The maximum absolute atomic E-state index is 0. The molecule has 0 amide bonds. The molecule has 5 heteroatoms. The molecule has 0 aliphatic heterocycles. The van der Waals surface area contributed by atoms with Gasteiger partial charge in [-0.3, -0.25) is 0 Å². The van der Waals surface area contributed by atoms with Crippen LogP contribution in [0.3, 0.4) is 0 Å². The zero-order valence-electron chi connectivity index (χ0n) is 2.27. The molecule has 5 heavy (non-hydrogen) atoms. The summed E-state index contributed by atoms with van der Waals surface area (Å²) in [7, 11) is 0. The van der Waals surface area contributed by atoms with Gasteiger partial charge in [0.05, 0.1) is 0 Å². The van der Waals surface area contributed by atoms with E-state index in [9.17, 15) is 0 Å². The van der Waals surface area contributed by atoms with Crippen molar-refractivity contribution in [3.8, 4) is 0 Å². The SMILES string of the molecule is P.[B].[Co].[Co].[Ni]. The summed E-state index contributed by atoms with van der Waals surface area (Å²) >= 11 is 0. The Balaban J connectivity index is 0. The van der Waals surface area contributed by atoms with Crippen LogP contribution in [0.4, 0.5) is 0 Å². The van der Waals surface area contributed by atoms with Crippen LogP contribution in [0.2, 0.25) is 0 Å². The van der Waals surface area contributed by atoms with Crippen molar-refractivity contribution in [1.29, 1.82) is 0 Å². The molecule has 0 bridgehead atoms. The van der Waals surface area contributed by atoms with Gasteiger partial charge in [0.15, 0.2) is 0 Å². The van der Waals surface area contributed by atoms with Crippen LogP contribution in [0.15, 0.2) is 0 Å². The zero-order chi connectivity index (χ0) is 0. The monoisotopic (exact) mass is 221 g/mol. The van der Waals surface area contributed by atoms with E-state index in [0.29, 0.717) is 0 Å². The quantitative estimate of drug-likeness (QED) is 0.388. The normalized spacial score (nSPS) is 0. The molecule has 0 aromatic heterocycles. The largest absolute Gasteiger partial charge is 0.153 e. The predicted octanol–water partition coefficient (Wildman–Crippen LogP) is -0.330. The molecule has 0 aromatic carbocycles. The summed E-state index contributed by atoms with van der Waals surface area (Å²) < 4.78 is 0. The smallest absolute Gasteiger partial charge is 0 e. The van der Waals surface area contributed by atoms with Gasteiger partial charge in [-0.15, -0.1) is 0 Å². The molecule has 0 spiro atoms. The van der Waals surface area contributed by atoms with E-state index in [0.717, 1.165) is 0 Å². The van der Waals surface area contributed by atoms with Gasteiger partial charge in [-0.2, -0.15) is 9.90 Å². The summed E-state index contributed by atoms with van der Waals surface area (Å²) in [6.07, 6.45) is 0. The predicted molar refractivity (Wildman–Crippen MR) is 16.9 cm³/mol. The third kappa shape index (κ3) is 24.0. The summed E-state index contributed by atoms with van der Waals surface area (Å²) in [6, 6.07) is 0. The first-order valence-corrected chi connectivity index (χ1v) is 0. The van der Waals surface area contributed by atoms with Gasteiger partial charge in [0, 0.05) is 58.5 Å². The molecular weight excluding hydrogens is 218 g/mol. The average molecular weight is 221 g/mol. The molecule has 0 saturated heterocycles. The van der Waals surface area contributed by atoms with E-state index < -0.39 is 0 Å². The van der Waals surface area contributed by atoms with Crippen molar-refractivity contribution in [3.63, 3.8) is 0 Å². The third-order valence-electron chi connectivity index (χ3n) is 0. The van der Waals surface area contributed by atoms with Gasteiger partial charge in [-0.25, -0.2) is 0 Å². The Labute approximate surface area is 68.1 Å². The van der Waals surface area contributed by atoms with Crippen LogP contribution in [-0.4, -0.2) is 8.41 Å². The molecule has 1 unspecified atom stereocenters. The van der Waals surface area contributed by atoms with E-state index in [1.54, 1.807) is 0 Å². The van der Waals surface area contributed by atoms with Crippen LogP contribution in [0, 0.1) is 0 Å². The van der Waals surface area contributed by atoms with Gasteiger partial charge >= 0.3 is 0 Å². The second-order valence-electron chi connectivity index (χ2n) is 0. The molecule has 0 nitrogen and oxygen atoms in total. The molecule has 39 valence electrons. The Hall–Kier alpha value is 2.00. The van der Waals surface area contributed by atoms with Crippen molar-refractivity contribution in [2.24, 2.45) is 0 Å². The van der Waals surface area contributed by atoms with Crippen LogP contribution in [-0.2, 0) is 50.0 Å². The molecule has 0 aromatic rings. The van der Waals surface area contributed by atoms with Crippen LogP contribution in [0.25, 0.3) is 0 Å². The summed E-state index contributed by atoms with van der Waals surface area (Å²) in [5, 5.41) is 0. The fraction of sp³-hybridized carbons (Fsp3) is 0. The van der Waals surface area contributed by atoms with E-state index >= 15 is 0 Å². The van der Waals surface area contributed by atoms with Crippen molar-refractivity contribution in [2.45, 2.75) is 0 Å². The van der Waals surface area contributed by atoms with Gasteiger partial charge in [-0.05, 0) is 0 Å². The van der Waals surface area contributed by atoms with Gasteiger partial charge in [-0.1, -0.05) is 0 Å². The summed E-state index contributed by atoms with van der Waals surface area (Å²) in [6.45, 7) is 0. The molecule has 0 saturated carbocycles. The van der Waals surface area contributed by atoms with Crippen molar-refractivity contribution in [3.05, 3.63) is 0 Å². The van der Waals surface area contributed by atoms with Gasteiger partial charge in [0.1, 0.15) is 0 Å². The standard InChI is InChI=1S/B.2Co.Ni.H3P/h;;;;1H3. The molecule has 0 rings (SSSR count).